The second-order valence-corrected chi connectivity index (χ2v) is 2.07. The van der Waals surface area contributed by atoms with Crippen LogP contribution in [0.1, 0.15) is 5.56 Å². The highest BCUT2D eigenvalue weighted by molar-refractivity contribution is 5.49. The first-order chi connectivity index (χ1) is 5.36. The van der Waals surface area contributed by atoms with Crippen molar-refractivity contribution in [2.75, 3.05) is 7.11 Å². The maximum absolute atomic E-state index is 11.6. The summed E-state index contributed by atoms with van der Waals surface area (Å²) in [5, 5.41) is 0. The highest BCUT2D eigenvalue weighted by Gasteiger charge is 1.88. The Morgan fingerprint density at radius 2 is 1.91 bits per heavy atom. The summed E-state index contributed by atoms with van der Waals surface area (Å²) in [6.07, 6.45) is 1.90. The normalized spacial score (nSPS) is 10.4. The maximum Gasteiger partial charge on any atom is 0.118 e. The summed E-state index contributed by atoms with van der Waals surface area (Å²) in [4.78, 5) is 0. The van der Waals surface area contributed by atoms with Crippen LogP contribution in [0.4, 0.5) is 4.39 Å². The van der Waals surface area contributed by atoms with Crippen LogP contribution in [-0.4, -0.2) is 7.11 Å². The van der Waals surface area contributed by atoms with Gasteiger partial charge in [0.15, 0.2) is 0 Å². The Balaban J connectivity index is 2.82. The van der Waals surface area contributed by atoms with Crippen LogP contribution in [0.3, 0.4) is 0 Å². The summed E-state index contributed by atoms with van der Waals surface area (Å²) in [6, 6.07) is 7.15. The zero-order chi connectivity index (χ0) is 8.10. The Morgan fingerprint density at radius 1 is 1.27 bits per heavy atom. The van der Waals surface area contributed by atoms with E-state index in [1.54, 1.807) is 31.4 Å². The van der Waals surface area contributed by atoms with E-state index in [1.165, 1.54) is 6.08 Å². The van der Waals surface area contributed by atoms with Gasteiger partial charge in [0.2, 0.25) is 0 Å². The predicted molar refractivity (Wildman–Crippen MR) is 43.1 cm³/mol. The molecular formula is C9H9FO. The number of halogens is 1. The van der Waals surface area contributed by atoms with E-state index in [4.69, 9.17) is 4.74 Å². The Morgan fingerprint density at radius 3 is 2.36 bits per heavy atom. The van der Waals surface area contributed by atoms with Gasteiger partial charge in [0, 0.05) is 0 Å². The predicted octanol–water partition coefficient (Wildman–Crippen LogP) is 2.64. The molecule has 0 aliphatic heterocycles. The lowest BCUT2D eigenvalue weighted by molar-refractivity contribution is 0.415. The molecular weight excluding hydrogens is 143 g/mol. The molecule has 0 amide bonds. The fourth-order valence-electron chi connectivity index (χ4n) is 0.788. The fraction of sp³-hybridized carbons (Fsp3) is 0.111. The van der Waals surface area contributed by atoms with E-state index < -0.39 is 0 Å². The minimum Gasteiger partial charge on any atom is -0.497 e. The minimum absolute atomic E-state index is 0.516. The lowest BCUT2D eigenvalue weighted by Crippen LogP contribution is -1.80. The second kappa shape index (κ2) is 3.76. The van der Waals surface area contributed by atoms with Crippen molar-refractivity contribution in [2.24, 2.45) is 0 Å². The van der Waals surface area contributed by atoms with Gasteiger partial charge in [-0.2, -0.15) is 0 Å². The number of methoxy groups -OCH3 is 1. The zero-order valence-corrected chi connectivity index (χ0v) is 6.25. The standard InChI is InChI=1S/C9H9FO/c1-11-9-4-2-8(3-5-9)6-7-10/h2-7H,1H3. The van der Waals surface area contributed by atoms with Crippen molar-refractivity contribution < 1.29 is 9.13 Å². The molecule has 58 valence electrons. The van der Waals surface area contributed by atoms with Crippen LogP contribution in [0.15, 0.2) is 30.6 Å². The van der Waals surface area contributed by atoms with E-state index in [9.17, 15) is 4.39 Å². The van der Waals surface area contributed by atoms with Crippen LogP contribution in [0, 0.1) is 0 Å². The molecule has 0 aliphatic rings. The largest absolute Gasteiger partial charge is 0.497 e. The van der Waals surface area contributed by atoms with Crippen LogP contribution in [-0.2, 0) is 0 Å². The van der Waals surface area contributed by atoms with Gasteiger partial charge in [0.05, 0.1) is 13.4 Å². The highest BCUT2D eigenvalue weighted by atomic mass is 19.1. The van der Waals surface area contributed by atoms with Crippen molar-refractivity contribution in [1.29, 1.82) is 0 Å². The van der Waals surface area contributed by atoms with Gasteiger partial charge in [-0.05, 0) is 23.8 Å². The SMILES string of the molecule is COc1ccc(C=CF)cc1. The lowest BCUT2D eigenvalue weighted by atomic mass is 10.2. The number of hydrogen-bond donors (Lipinski definition) is 0. The summed E-state index contributed by atoms with van der Waals surface area (Å²) in [7, 11) is 1.60. The van der Waals surface area contributed by atoms with Gasteiger partial charge in [-0.1, -0.05) is 12.1 Å². The summed E-state index contributed by atoms with van der Waals surface area (Å²) >= 11 is 0. The summed E-state index contributed by atoms with van der Waals surface area (Å²) in [6.45, 7) is 0. The third-order valence-electron chi connectivity index (χ3n) is 1.37. The molecule has 0 fully saturated rings. The second-order valence-electron chi connectivity index (χ2n) is 2.07. The molecule has 2 heteroatoms. The van der Waals surface area contributed by atoms with Crippen molar-refractivity contribution in [3.8, 4) is 5.75 Å². The Labute approximate surface area is 65.1 Å². The Kier molecular flexibility index (Phi) is 2.66. The molecule has 0 aromatic heterocycles. The maximum atomic E-state index is 11.6. The van der Waals surface area contributed by atoms with Gasteiger partial charge in [-0.15, -0.1) is 0 Å². The van der Waals surface area contributed by atoms with Gasteiger partial charge in [0.1, 0.15) is 5.75 Å². The molecule has 0 spiro atoms. The molecule has 0 saturated carbocycles. The van der Waals surface area contributed by atoms with Crippen molar-refractivity contribution in [1.82, 2.24) is 0 Å². The molecule has 1 nitrogen and oxygen atoms in total. The molecule has 0 atom stereocenters. The van der Waals surface area contributed by atoms with Crippen molar-refractivity contribution in [3.05, 3.63) is 36.2 Å². The molecule has 0 unspecified atom stereocenters. The van der Waals surface area contributed by atoms with Crippen molar-refractivity contribution in [3.63, 3.8) is 0 Å². The number of benzene rings is 1. The van der Waals surface area contributed by atoms with E-state index in [0.717, 1.165) is 11.3 Å². The van der Waals surface area contributed by atoms with Crippen LogP contribution < -0.4 is 4.74 Å². The number of hydrogen-bond acceptors (Lipinski definition) is 1. The Hall–Kier alpha value is -1.31. The molecule has 0 N–H and O–H groups in total. The monoisotopic (exact) mass is 152 g/mol. The zero-order valence-electron chi connectivity index (χ0n) is 6.25. The highest BCUT2D eigenvalue weighted by Crippen LogP contribution is 2.11. The van der Waals surface area contributed by atoms with Crippen LogP contribution in [0.2, 0.25) is 0 Å². The summed E-state index contributed by atoms with van der Waals surface area (Å²) in [5.41, 5.74) is 0.827. The Bertz CT molecular complexity index is 238. The van der Waals surface area contributed by atoms with Gasteiger partial charge < -0.3 is 4.74 Å². The summed E-state index contributed by atoms with van der Waals surface area (Å²) < 4.78 is 16.6. The quantitative estimate of drug-likeness (QED) is 0.633. The van der Waals surface area contributed by atoms with E-state index in [-0.39, 0.29) is 0 Å². The first-order valence-corrected chi connectivity index (χ1v) is 3.27. The topological polar surface area (TPSA) is 9.23 Å². The van der Waals surface area contributed by atoms with Crippen molar-refractivity contribution >= 4 is 6.08 Å². The molecule has 0 aliphatic carbocycles. The molecule has 1 aromatic rings. The van der Waals surface area contributed by atoms with Gasteiger partial charge in [-0.25, -0.2) is 4.39 Å². The lowest BCUT2D eigenvalue weighted by Gasteiger charge is -1.97. The third-order valence-corrected chi connectivity index (χ3v) is 1.37. The number of ether oxygens (including phenoxy) is 1. The third kappa shape index (κ3) is 2.08. The van der Waals surface area contributed by atoms with Crippen LogP contribution in [0.5, 0.6) is 5.75 Å². The molecule has 0 bridgehead atoms. The average molecular weight is 152 g/mol. The van der Waals surface area contributed by atoms with Crippen LogP contribution >= 0.6 is 0 Å². The van der Waals surface area contributed by atoms with Gasteiger partial charge in [-0.3, -0.25) is 0 Å². The van der Waals surface area contributed by atoms with E-state index in [1.807, 2.05) is 0 Å². The molecule has 0 radical (unpaired) electrons. The van der Waals surface area contributed by atoms with Gasteiger partial charge in [0.25, 0.3) is 0 Å². The average Bonchev–Trinajstić information content (AvgIpc) is 2.07. The molecule has 1 rings (SSSR count). The molecule has 0 saturated heterocycles. The van der Waals surface area contributed by atoms with Crippen LogP contribution in [0.25, 0.3) is 6.08 Å². The minimum atomic E-state index is 0.516. The first kappa shape index (κ1) is 7.79. The smallest absolute Gasteiger partial charge is 0.118 e. The first-order valence-electron chi connectivity index (χ1n) is 3.27. The molecule has 0 heterocycles. The molecule has 11 heavy (non-hydrogen) atoms. The fourth-order valence-corrected chi connectivity index (χ4v) is 0.788. The van der Waals surface area contributed by atoms with E-state index in [2.05, 4.69) is 0 Å². The van der Waals surface area contributed by atoms with E-state index >= 15 is 0 Å². The number of rotatable bonds is 2. The molecule has 1 aromatic carbocycles. The summed E-state index contributed by atoms with van der Waals surface area (Å²) in [5.74, 6) is 0.779. The van der Waals surface area contributed by atoms with E-state index in [0.29, 0.717) is 6.33 Å². The van der Waals surface area contributed by atoms with Gasteiger partial charge >= 0.3 is 0 Å². The van der Waals surface area contributed by atoms with Crippen molar-refractivity contribution in [2.45, 2.75) is 0 Å².